The van der Waals surface area contributed by atoms with Gasteiger partial charge in [-0.3, -0.25) is 4.79 Å². The van der Waals surface area contributed by atoms with Crippen molar-refractivity contribution in [2.45, 2.75) is 12.8 Å². The van der Waals surface area contributed by atoms with E-state index >= 15 is 0 Å². The van der Waals surface area contributed by atoms with Crippen LogP contribution in [0.5, 0.6) is 0 Å². The fourth-order valence-electron chi connectivity index (χ4n) is 3.05. The van der Waals surface area contributed by atoms with Crippen LogP contribution < -0.4 is 5.32 Å². The summed E-state index contributed by atoms with van der Waals surface area (Å²) in [5, 5.41) is 11.9. The molecule has 26 heavy (non-hydrogen) atoms. The number of likely N-dealkylation sites (tertiary alicyclic amines) is 1. The second-order valence-corrected chi connectivity index (χ2v) is 6.25. The van der Waals surface area contributed by atoms with Gasteiger partial charge in [-0.25, -0.2) is 13.6 Å². The number of carboxylic acids is 1. The molecule has 1 heterocycles. The number of aliphatic carboxylic acids is 1. The number of carbonyl (C=O) groups is 2. The Labute approximate surface area is 149 Å². The predicted molar refractivity (Wildman–Crippen MR) is 92.7 cm³/mol. The van der Waals surface area contributed by atoms with Gasteiger partial charge in [-0.1, -0.05) is 12.1 Å². The van der Waals surface area contributed by atoms with Gasteiger partial charge in [-0.05, 0) is 48.7 Å². The number of halogens is 2. The van der Waals surface area contributed by atoms with Gasteiger partial charge in [0.05, 0.1) is 11.6 Å². The summed E-state index contributed by atoms with van der Waals surface area (Å²) in [6.45, 7) is 0.594. The van der Waals surface area contributed by atoms with Crippen molar-refractivity contribution in [3.63, 3.8) is 0 Å². The fourth-order valence-corrected chi connectivity index (χ4v) is 3.05. The molecule has 136 valence electrons. The van der Waals surface area contributed by atoms with Gasteiger partial charge < -0.3 is 15.3 Å². The number of hydrogen-bond acceptors (Lipinski definition) is 2. The second kappa shape index (κ2) is 7.51. The minimum absolute atomic E-state index is 0.133. The van der Waals surface area contributed by atoms with Crippen LogP contribution in [0.15, 0.2) is 42.5 Å². The smallest absolute Gasteiger partial charge is 0.321 e. The Balaban J connectivity index is 1.82. The minimum Gasteiger partial charge on any atom is -0.481 e. The number of anilines is 1. The molecule has 1 unspecified atom stereocenters. The summed E-state index contributed by atoms with van der Waals surface area (Å²) < 4.78 is 26.8. The van der Waals surface area contributed by atoms with Gasteiger partial charge >= 0.3 is 12.0 Å². The van der Waals surface area contributed by atoms with E-state index in [2.05, 4.69) is 5.32 Å². The Morgan fingerprint density at radius 2 is 1.77 bits per heavy atom. The molecule has 1 atom stereocenters. The lowest BCUT2D eigenvalue weighted by Gasteiger charge is -2.31. The lowest BCUT2D eigenvalue weighted by Crippen LogP contribution is -2.44. The molecule has 5 nitrogen and oxygen atoms in total. The molecule has 1 fully saturated rings. The number of benzene rings is 2. The zero-order valence-corrected chi connectivity index (χ0v) is 13.9. The van der Waals surface area contributed by atoms with Crippen molar-refractivity contribution in [3.05, 3.63) is 54.1 Å². The fraction of sp³-hybridized carbons (Fsp3) is 0.263. The molecule has 1 aliphatic heterocycles. The number of carboxylic acid groups (broad SMARTS) is 1. The first-order chi connectivity index (χ1) is 12.4. The van der Waals surface area contributed by atoms with E-state index in [1.54, 1.807) is 0 Å². The van der Waals surface area contributed by atoms with Crippen LogP contribution in [0, 0.1) is 17.6 Å². The van der Waals surface area contributed by atoms with Crippen molar-refractivity contribution in [3.8, 4) is 11.1 Å². The van der Waals surface area contributed by atoms with Crippen LogP contribution in [-0.4, -0.2) is 35.1 Å². The topological polar surface area (TPSA) is 69.6 Å². The van der Waals surface area contributed by atoms with E-state index < -0.39 is 29.6 Å². The highest BCUT2D eigenvalue weighted by atomic mass is 19.1. The number of rotatable bonds is 3. The Bertz CT molecular complexity index is 824. The lowest BCUT2D eigenvalue weighted by atomic mass is 9.98. The SMILES string of the molecule is O=C(O)C1CCCN(C(=O)Nc2ccc(F)cc2-c2ccc(F)cc2)C1. The monoisotopic (exact) mass is 360 g/mol. The van der Waals surface area contributed by atoms with Gasteiger partial charge in [0, 0.05) is 18.7 Å². The van der Waals surface area contributed by atoms with Crippen molar-refractivity contribution >= 4 is 17.7 Å². The number of urea groups is 1. The van der Waals surface area contributed by atoms with Crippen LogP contribution in [0.2, 0.25) is 0 Å². The molecule has 7 heteroatoms. The van der Waals surface area contributed by atoms with E-state index in [-0.39, 0.29) is 6.54 Å². The van der Waals surface area contributed by atoms with E-state index in [1.807, 2.05) is 0 Å². The maximum Gasteiger partial charge on any atom is 0.321 e. The molecule has 0 radical (unpaired) electrons. The number of amides is 2. The summed E-state index contributed by atoms with van der Waals surface area (Å²) in [5.41, 5.74) is 1.36. The van der Waals surface area contributed by atoms with Gasteiger partial charge in [0.25, 0.3) is 0 Å². The number of carbonyl (C=O) groups excluding carboxylic acids is 1. The van der Waals surface area contributed by atoms with Crippen molar-refractivity contribution in [2.24, 2.45) is 5.92 Å². The minimum atomic E-state index is -0.920. The number of piperidine rings is 1. The van der Waals surface area contributed by atoms with Gasteiger partial charge in [-0.2, -0.15) is 0 Å². The molecule has 0 saturated carbocycles. The summed E-state index contributed by atoms with van der Waals surface area (Å²) in [5.74, 6) is -2.40. The molecule has 3 rings (SSSR count). The first kappa shape index (κ1) is 17.8. The van der Waals surface area contributed by atoms with Crippen LogP contribution in [0.25, 0.3) is 11.1 Å². The molecule has 0 bridgehead atoms. The Kier molecular flexibility index (Phi) is 5.16. The summed E-state index contributed by atoms with van der Waals surface area (Å²) in [4.78, 5) is 25.1. The van der Waals surface area contributed by atoms with Crippen LogP contribution in [0.4, 0.5) is 19.3 Å². The highest BCUT2D eigenvalue weighted by Gasteiger charge is 2.28. The van der Waals surface area contributed by atoms with Crippen LogP contribution in [-0.2, 0) is 4.79 Å². The van der Waals surface area contributed by atoms with E-state index in [4.69, 9.17) is 5.11 Å². The number of nitrogens with zero attached hydrogens (tertiary/aromatic N) is 1. The zero-order valence-electron chi connectivity index (χ0n) is 13.9. The maximum absolute atomic E-state index is 13.7. The van der Waals surface area contributed by atoms with E-state index in [0.29, 0.717) is 36.2 Å². The molecule has 2 aromatic rings. The highest BCUT2D eigenvalue weighted by Crippen LogP contribution is 2.29. The number of nitrogens with one attached hydrogen (secondary N) is 1. The third-order valence-electron chi connectivity index (χ3n) is 4.44. The molecule has 0 spiro atoms. The third-order valence-corrected chi connectivity index (χ3v) is 4.44. The quantitative estimate of drug-likeness (QED) is 0.870. The summed E-state index contributed by atoms with van der Waals surface area (Å²) >= 11 is 0. The van der Waals surface area contributed by atoms with Gasteiger partial charge in [-0.15, -0.1) is 0 Å². The molecule has 1 aliphatic rings. The Morgan fingerprint density at radius 3 is 2.46 bits per heavy atom. The molecule has 1 saturated heterocycles. The summed E-state index contributed by atoms with van der Waals surface area (Å²) in [6, 6.07) is 9.00. The molecular weight excluding hydrogens is 342 g/mol. The largest absolute Gasteiger partial charge is 0.481 e. The Hall–Kier alpha value is -2.96. The molecule has 2 amide bonds. The predicted octanol–water partition coefficient (Wildman–Crippen LogP) is 3.96. The number of hydrogen-bond donors (Lipinski definition) is 2. The first-order valence-electron chi connectivity index (χ1n) is 8.28. The van der Waals surface area contributed by atoms with Gasteiger partial charge in [0.15, 0.2) is 0 Å². The maximum atomic E-state index is 13.7. The highest BCUT2D eigenvalue weighted by molar-refractivity contribution is 5.94. The average molecular weight is 360 g/mol. The molecule has 2 aromatic carbocycles. The van der Waals surface area contributed by atoms with Gasteiger partial charge in [0.2, 0.25) is 0 Å². The summed E-state index contributed by atoms with van der Waals surface area (Å²) in [7, 11) is 0. The van der Waals surface area contributed by atoms with Crippen LogP contribution >= 0.6 is 0 Å². The van der Waals surface area contributed by atoms with E-state index in [1.165, 1.54) is 47.4 Å². The standard InChI is InChI=1S/C19H18F2N2O3/c20-14-5-3-12(4-6-14)16-10-15(21)7-8-17(16)22-19(26)23-9-1-2-13(11-23)18(24)25/h3-8,10,13H,1-2,9,11H2,(H,22,26)(H,24,25). The van der Waals surface area contributed by atoms with Crippen molar-refractivity contribution in [2.75, 3.05) is 18.4 Å². The zero-order chi connectivity index (χ0) is 18.7. The second-order valence-electron chi connectivity index (χ2n) is 6.25. The average Bonchev–Trinajstić information content (AvgIpc) is 2.64. The molecular formula is C19H18F2N2O3. The van der Waals surface area contributed by atoms with E-state index in [0.717, 1.165) is 0 Å². The van der Waals surface area contributed by atoms with E-state index in [9.17, 15) is 18.4 Å². The molecule has 0 aliphatic carbocycles. The lowest BCUT2D eigenvalue weighted by molar-refractivity contribution is -0.143. The van der Waals surface area contributed by atoms with Crippen molar-refractivity contribution in [1.29, 1.82) is 0 Å². The molecule has 0 aromatic heterocycles. The Morgan fingerprint density at radius 1 is 1.08 bits per heavy atom. The summed E-state index contributed by atoms with van der Waals surface area (Å²) in [6.07, 6.45) is 1.15. The normalized spacial score (nSPS) is 17.0. The van der Waals surface area contributed by atoms with Crippen molar-refractivity contribution < 1.29 is 23.5 Å². The van der Waals surface area contributed by atoms with Gasteiger partial charge in [0.1, 0.15) is 11.6 Å². The van der Waals surface area contributed by atoms with Crippen LogP contribution in [0.1, 0.15) is 12.8 Å². The molecule has 2 N–H and O–H groups in total. The first-order valence-corrected chi connectivity index (χ1v) is 8.28. The third kappa shape index (κ3) is 3.99. The van der Waals surface area contributed by atoms with Crippen molar-refractivity contribution in [1.82, 2.24) is 4.90 Å². The van der Waals surface area contributed by atoms with Crippen LogP contribution in [0.3, 0.4) is 0 Å².